The van der Waals surface area contributed by atoms with Crippen molar-refractivity contribution in [3.63, 3.8) is 0 Å². The van der Waals surface area contributed by atoms with Crippen LogP contribution >= 0.6 is 11.3 Å². The van der Waals surface area contributed by atoms with E-state index in [4.69, 9.17) is 4.98 Å². The molecule has 0 radical (unpaired) electrons. The van der Waals surface area contributed by atoms with Crippen molar-refractivity contribution >= 4 is 11.3 Å². The van der Waals surface area contributed by atoms with Crippen molar-refractivity contribution in [2.45, 2.75) is 65.0 Å². The number of aromatic nitrogens is 3. The molecule has 22 heavy (non-hydrogen) atoms. The second-order valence-electron chi connectivity index (χ2n) is 7.29. The Hall–Kier alpha value is -1.20. The maximum Gasteiger partial charge on any atom is 0.113 e. The maximum absolute atomic E-state index is 4.71. The zero-order valence-corrected chi connectivity index (χ0v) is 14.8. The monoisotopic (exact) mass is 318 g/mol. The Kier molecular flexibility index (Phi) is 4.37. The first kappa shape index (κ1) is 15.7. The third kappa shape index (κ3) is 3.41. The van der Waals surface area contributed by atoms with Crippen LogP contribution in [0.3, 0.4) is 0 Å². The molecule has 0 fully saturated rings. The minimum absolute atomic E-state index is 0.147. The molecule has 0 saturated heterocycles. The molecule has 0 aromatic carbocycles. The normalized spacial score (nSPS) is 18.5. The molecule has 3 heterocycles. The topological polar surface area (TPSA) is 42.7 Å². The molecule has 0 saturated carbocycles. The Labute approximate surface area is 137 Å². The number of rotatable bonds is 4. The van der Waals surface area contributed by atoms with Crippen LogP contribution in [0.5, 0.6) is 0 Å². The number of hydrogen-bond donors (Lipinski definition) is 1. The van der Waals surface area contributed by atoms with E-state index in [9.17, 15) is 0 Å². The SMILES string of the molecule is Cc1cn2c(n1)[C@@H](CNCc1cnc(C(C)(C)C)s1)CCC2. The van der Waals surface area contributed by atoms with Gasteiger partial charge in [0.15, 0.2) is 0 Å². The summed E-state index contributed by atoms with van der Waals surface area (Å²) in [5, 5.41) is 4.82. The van der Waals surface area contributed by atoms with E-state index in [1.807, 2.05) is 17.5 Å². The van der Waals surface area contributed by atoms with Crippen LogP contribution in [-0.4, -0.2) is 21.1 Å². The molecular formula is C17H26N4S. The first-order valence-corrected chi connectivity index (χ1v) is 8.94. The van der Waals surface area contributed by atoms with Gasteiger partial charge in [-0.3, -0.25) is 0 Å². The first-order valence-electron chi connectivity index (χ1n) is 8.13. The maximum atomic E-state index is 4.71. The van der Waals surface area contributed by atoms with Crippen molar-refractivity contribution in [3.8, 4) is 0 Å². The van der Waals surface area contributed by atoms with Gasteiger partial charge < -0.3 is 9.88 Å². The van der Waals surface area contributed by atoms with Gasteiger partial charge >= 0.3 is 0 Å². The Bertz CT molecular complexity index is 635. The van der Waals surface area contributed by atoms with Crippen molar-refractivity contribution < 1.29 is 0 Å². The van der Waals surface area contributed by atoms with Crippen molar-refractivity contribution in [3.05, 3.63) is 33.8 Å². The van der Waals surface area contributed by atoms with Gasteiger partial charge in [0.1, 0.15) is 5.82 Å². The molecule has 5 heteroatoms. The van der Waals surface area contributed by atoms with E-state index < -0.39 is 0 Å². The van der Waals surface area contributed by atoms with Crippen LogP contribution in [-0.2, 0) is 18.5 Å². The van der Waals surface area contributed by atoms with Crippen molar-refractivity contribution in [1.82, 2.24) is 19.9 Å². The summed E-state index contributed by atoms with van der Waals surface area (Å²) >= 11 is 1.82. The fourth-order valence-electron chi connectivity index (χ4n) is 3.01. The van der Waals surface area contributed by atoms with Gasteiger partial charge in [0.2, 0.25) is 0 Å². The highest BCUT2D eigenvalue weighted by Crippen LogP contribution is 2.28. The summed E-state index contributed by atoms with van der Waals surface area (Å²) in [6, 6.07) is 0. The van der Waals surface area contributed by atoms with Gasteiger partial charge in [0.25, 0.3) is 0 Å². The first-order chi connectivity index (χ1) is 10.4. The van der Waals surface area contributed by atoms with E-state index in [-0.39, 0.29) is 5.41 Å². The van der Waals surface area contributed by atoms with Gasteiger partial charge in [-0.05, 0) is 19.8 Å². The predicted molar refractivity (Wildman–Crippen MR) is 91.5 cm³/mol. The average Bonchev–Trinajstić information content (AvgIpc) is 3.04. The second kappa shape index (κ2) is 6.13. The van der Waals surface area contributed by atoms with E-state index >= 15 is 0 Å². The molecule has 3 rings (SSSR count). The lowest BCUT2D eigenvalue weighted by atomic mass is 9.98. The third-order valence-corrected chi connectivity index (χ3v) is 5.55. The predicted octanol–water partition coefficient (Wildman–Crippen LogP) is 3.61. The highest BCUT2D eigenvalue weighted by atomic mass is 32.1. The van der Waals surface area contributed by atoms with Gasteiger partial charge in [-0.1, -0.05) is 20.8 Å². The van der Waals surface area contributed by atoms with Crippen LogP contribution in [0, 0.1) is 6.92 Å². The molecule has 1 N–H and O–H groups in total. The lowest BCUT2D eigenvalue weighted by Gasteiger charge is -2.23. The van der Waals surface area contributed by atoms with Crippen LogP contribution in [0.2, 0.25) is 0 Å². The summed E-state index contributed by atoms with van der Waals surface area (Å²) < 4.78 is 2.33. The summed E-state index contributed by atoms with van der Waals surface area (Å²) in [6.07, 6.45) is 6.69. The second-order valence-corrected chi connectivity index (χ2v) is 8.40. The minimum Gasteiger partial charge on any atom is -0.334 e. The lowest BCUT2D eigenvalue weighted by Crippen LogP contribution is -2.26. The van der Waals surface area contributed by atoms with Crippen molar-refractivity contribution in [2.75, 3.05) is 6.54 Å². The van der Waals surface area contributed by atoms with E-state index in [0.29, 0.717) is 5.92 Å². The van der Waals surface area contributed by atoms with Gasteiger partial charge in [-0.2, -0.15) is 0 Å². The molecule has 0 bridgehead atoms. The Balaban J connectivity index is 1.57. The highest BCUT2D eigenvalue weighted by Gasteiger charge is 2.22. The van der Waals surface area contributed by atoms with Crippen molar-refractivity contribution in [2.24, 2.45) is 0 Å². The molecule has 1 aliphatic heterocycles. The molecule has 0 aliphatic carbocycles. The Morgan fingerprint density at radius 2 is 2.23 bits per heavy atom. The summed E-state index contributed by atoms with van der Waals surface area (Å²) in [5.41, 5.74) is 1.29. The van der Waals surface area contributed by atoms with Gasteiger partial charge in [0.05, 0.1) is 10.7 Å². The number of fused-ring (bicyclic) bond motifs is 1. The van der Waals surface area contributed by atoms with Crippen molar-refractivity contribution in [1.29, 1.82) is 0 Å². The molecule has 1 aliphatic rings. The number of imidazole rings is 1. The van der Waals surface area contributed by atoms with Gasteiger partial charge in [-0.25, -0.2) is 9.97 Å². The van der Waals surface area contributed by atoms with E-state index in [2.05, 4.69) is 48.8 Å². The quantitative estimate of drug-likeness (QED) is 0.936. The molecule has 0 amide bonds. The zero-order chi connectivity index (χ0) is 15.7. The number of nitrogens with zero attached hydrogens (tertiary/aromatic N) is 3. The van der Waals surface area contributed by atoms with Crippen LogP contribution < -0.4 is 5.32 Å². The summed E-state index contributed by atoms with van der Waals surface area (Å²) in [7, 11) is 0. The summed E-state index contributed by atoms with van der Waals surface area (Å²) in [6.45, 7) is 11.8. The molecule has 2 aromatic heterocycles. The lowest BCUT2D eigenvalue weighted by molar-refractivity contribution is 0.423. The molecular weight excluding hydrogens is 292 g/mol. The Morgan fingerprint density at radius 1 is 1.41 bits per heavy atom. The van der Waals surface area contributed by atoms with Gasteiger partial charge in [0, 0.05) is 48.2 Å². The molecule has 0 unspecified atom stereocenters. The Morgan fingerprint density at radius 3 is 2.95 bits per heavy atom. The smallest absolute Gasteiger partial charge is 0.113 e. The highest BCUT2D eigenvalue weighted by molar-refractivity contribution is 7.11. The molecule has 120 valence electrons. The number of aryl methyl sites for hydroxylation is 2. The summed E-state index contributed by atoms with van der Waals surface area (Å²) in [5.74, 6) is 1.80. The average molecular weight is 318 g/mol. The number of nitrogens with one attached hydrogen (secondary N) is 1. The van der Waals surface area contributed by atoms with E-state index in [1.165, 1.54) is 28.6 Å². The van der Waals surface area contributed by atoms with Crippen LogP contribution in [0.25, 0.3) is 0 Å². The third-order valence-electron chi connectivity index (χ3n) is 4.13. The van der Waals surface area contributed by atoms with Crippen LogP contribution in [0.4, 0.5) is 0 Å². The van der Waals surface area contributed by atoms with Gasteiger partial charge in [-0.15, -0.1) is 11.3 Å². The van der Waals surface area contributed by atoms with Crippen LogP contribution in [0.1, 0.15) is 60.9 Å². The van der Waals surface area contributed by atoms with Crippen LogP contribution in [0.15, 0.2) is 12.4 Å². The summed E-state index contributed by atoms with van der Waals surface area (Å²) in [4.78, 5) is 10.6. The molecule has 4 nitrogen and oxygen atoms in total. The standard InChI is InChI=1S/C17H26N4S/c1-12-11-21-7-5-6-13(15(21)20-12)8-18-9-14-10-19-16(22-14)17(2,3)4/h10-11,13,18H,5-9H2,1-4H3/t13-/m1/s1. The van der Waals surface area contributed by atoms with E-state index in [1.54, 1.807) is 0 Å². The molecule has 2 aromatic rings. The number of thiazole rings is 1. The fourth-order valence-corrected chi connectivity index (χ4v) is 3.95. The van der Waals surface area contributed by atoms with E-state index in [0.717, 1.165) is 25.3 Å². The largest absolute Gasteiger partial charge is 0.334 e. The minimum atomic E-state index is 0.147. The zero-order valence-electron chi connectivity index (χ0n) is 14.0. The number of hydrogen-bond acceptors (Lipinski definition) is 4. The molecule has 1 atom stereocenters. The molecule has 0 spiro atoms. The fraction of sp³-hybridized carbons (Fsp3) is 0.647.